The molecule has 3 rings (SSSR count). The molecule has 6 nitrogen and oxygen atoms in total. The van der Waals surface area contributed by atoms with Crippen LogP contribution in [-0.2, 0) is 11.3 Å². The molecule has 0 bridgehead atoms. The Morgan fingerprint density at radius 2 is 1.88 bits per heavy atom. The molecule has 0 aliphatic heterocycles. The molecule has 0 fully saturated rings. The zero-order valence-corrected chi connectivity index (χ0v) is 20.6. The summed E-state index contributed by atoms with van der Waals surface area (Å²) >= 11 is 0. The molecule has 0 aliphatic rings. The van der Waals surface area contributed by atoms with Crippen LogP contribution in [0.1, 0.15) is 44.9 Å². The number of benzene rings is 2. The summed E-state index contributed by atoms with van der Waals surface area (Å²) in [6.07, 6.45) is 1.45. The maximum Gasteiger partial charge on any atom is 0.227 e. The lowest BCUT2D eigenvalue weighted by Crippen LogP contribution is -2.39. The number of rotatable bonds is 13. The van der Waals surface area contributed by atoms with Gasteiger partial charge in [-0.25, -0.2) is 9.07 Å². The predicted molar refractivity (Wildman–Crippen MR) is 132 cm³/mol. The van der Waals surface area contributed by atoms with Crippen LogP contribution in [0.5, 0.6) is 11.6 Å². The molecule has 1 atom stereocenters. The number of unbranched alkanes of at least 4 members (excludes halogenated alkanes) is 1. The molecule has 0 saturated carbocycles. The molecule has 3 aromatic rings. The second-order valence-corrected chi connectivity index (χ2v) is 8.78. The van der Waals surface area contributed by atoms with Gasteiger partial charge in [0.1, 0.15) is 11.6 Å². The molecule has 34 heavy (non-hydrogen) atoms. The molecule has 0 spiro atoms. The number of nitrogens with zero attached hydrogens (tertiary/aromatic N) is 3. The summed E-state index contributed by atoms with van der Waals surface area (Å²) in [5, 5.41) is 15.3. The Morgan fingerprint density at radius 1 is 1.12 bits per heavy atom. The average Bonchev–Trinajstić information content (AvgIpc) is 3.11. The Hall–Kier alpha value is -2.74. The maximum absolute atomic E-state index is 13.9. The topological polar surface area (TPSA) is 59.8 Å². The summed E-state index contributed by atoms with van der Waals surface area (Å²) in [7, 11) is 0. The fraction of sp³-hybridized carbons (Fsp3) is 0.444. The van der Waals surface area contributed by atoms with Gasteiger partial charge in [-0.05, 0) is 51.5 Å². The SMILES string of the molecule is CCCCOC[C@@H](O)CN(Cc1c(C)nn(-c2ccccc2)c1Oc1cccc(F)c1)C(C)C. The van der Waals surface area contributed by atoms with E-state index < -0.39 is 6.10 Å². The standard InChI is InChI=1S/C27H36FN3O3/c1-5-6-15-33-19-24(32)17-30(20(2)3)18-26-21(4)29-31(23-12-8-7-9-13-23)27(26)34-25-14-10-11-22(28)16-25/h7-14,16,20,24,32H,5-6,15,17-19H2,1-4H3/t24-/m0/s1. The monoisotopic (exact) mass is 469 g/mol. The van der Waals surface area contributed by atoms with Gasteiger partial charge in [0.25, 0.3) is 0 Å². The molecule has 0 unspecified atom stereocenters. The van der Waals surface area contributed by atoms with Gasteiger partial charge in [0.2, 0.25) is 5.88 Å². The summed E-state index contributed by atoms with van der Waals surface area (Å²) in [6, 6.07) is 16.0. The summed E-state index contributed by atoms with van der Waals surface area (Å²) in [5.41, 5.74) is 2.55. The van der Waals surface area contributed by atoms with Crippen molar-refractivity contribution in [1.82, 2.24) is 14.7 Å². The number of aromatic nitrogens is 2. The number of aryl methyl sites for hydroxylation is 1. The first-order chi connectivity index (χ1) is 16.4. The van der Waals surface area contributed by atoms with Crippen LogP contribution in [0.4, 0.5) is 4.39 Å². The summed E-state index contributed by atoms with van der Waals surface area (Å²) in [5.74, 6) is 0.573. The first-order valence-corrected chi connectivity index (χ1v) is 12.0. The highest BCUT2D eigenvalue weighted by atomic mass is 19.1. The van der Waals surface area contributed by atoms with Crippen LogP contribution >= 0.6 is 0 Å². The lowest BCUT2D eigenvalue weighted by Gasteiger charge is -2.29. The van der Waals surface area contributed by atoms with E-state index in [0.29, 0.717) is 37.9 Å². The van der Waals surface area contributed by atoms with Crippen molar-refractivity contribution in [3.8, 4) is 17.3 Å². The minimum atomic E-state index is -0.601. The van der Waals surface area contributed by atoms with Crippen molar-refractivity contribution in [3.05, 3.63) is 71.7 Å². The smallest absolute Gasteiger partial charge is 0.227 e. The van der Waals surface area contributed by atoms with E-state index in [0.717, 1.165) is 29.8 Å². The number of para-hydroxylation sites is 1. The zero-order valence-electron chi connectivity index (χ0n) is 20.6. The van der Waals surface area contributed by atoms with Crippen LogP contribution in [0, 0.1) is 12.7 Å². The normalized spacial score (nSPS) is 12.5. The molecule has 0 aliphatic carbocycles. The highest BCUT2D eigenvalue weighted by Gasteiger charge is 2.24. The third-order valence-corrected chi connectivity index (χ3v) is 5.64. The lowest BCUT2D eigenvalue weighted by molar-refractivity contribution is 0.00842. The second kappa shape index (κ2) is 12.6. The molecule has 7 heteroatoms. The molecular weight excluding hydrogens is 433 g/mol. The van der Waals surface area contributed by atoms with E-state index in [1.54, 1.807) is 16.8 Å². The van der Waals surface area contributed by atoms with E-state index in [4.69, 9.17) is 14.6 Å². The van der Waals surface area contributed by atoms with Gasteiger partial charge < -0.3 is 14.6 Å². The Kier molecular flexibility index (Phi) is 9.62. The number of ether oxygens (including phenoxy) is 2. The van der Waals surface area contributed by atoms with Crippen molar-refractivity contribution in [2.45, 2.75) is 59.2 Å². The van der Waals surface area contributed by atoms with E-state index in [1.165, 1.54) is 12.1 Å². The van der Waals surface area contributed by atoms with E-state index in [-0.39, 0.29) is 11.9 Å². The molecule has 1 N–H and O–H groups in total. The van der Waals surface area contributed by atoms with Gasteiger partial charge in [-0.2, -0.15) is 5.10 Å². The van der Waals surface area contributed by atoms with Crippen molar-refractivity contribution >= 4 is 0 Å². The first-order valence-electron chi connectivity index (χ1n) is 12.0. The Balaban J connectivity index is 1.88. The third-order valence-electron chi connectivity index (χ3n) is 5.64. The minimum absolute atomic E-state index is 0.173. The lowest BCUT2D eigenvalue weighted by atomic mass is 10.2. The number of hydrogen-bond acceptors (Lipinski definition) is 5. The fourth-order valence-electron chi connectivity index (χ4n) is 3.66. The number of aliphatic hydroxyl groups is 1. The minimum Gasteiger partial charge on any atom is -0.438 e. The van der Waals surface area contributed by atoms with Gasteiger partial charge in [-0.15, -0.1) is 0 Å². The van der Waals surface area contributed by atoms with Crippen molar-refractivity contribution in [1.29, 1.82) is 0 Å². The van der Waals surface area contributed by atoms with Crippen molar-refractivity contribution in [3.63, 3.8) is 0 Å². The molecule has 0 radical (unpaired) electrons. The fourth-order valence-corrected chi connectivity index (χ4v) is 3.66. The summed E-state index contributed by atoms with van der Waals surface area (Å²) in [4.78, 5) is 2.17. The molecule has 184 valence electrons. The quantitative estimate of drug-likeness (QED) is 0.335. The molecule has 0 saturated heterocycles. The molecule has 1 heterocycles. The molecule has 0 amide bonds. The van der Waals surface area contributed by atoms with Crippen LogP contribution in [-0.4, -0.2) is 51.7 Å². The van der Waals surface area contributed by atoms with Gasteiger partial charge in [-0.3, -0.25) is 4.90 Å². The first kappa shape index (κ1) is 25.9. The number of hydrogen-bond donors (Lipinski definition) is 1. The zero-order chi connectivity index (χ0) is 24.5. The van der Waals surface area contributed by atoms with E-state index >= 15 is 0 Å². The van der Waals surface area contributed by atoms with E-state index in [2.05, 4.69) is 25.7 Å². The largest absolute Gasteiger partial charge is 0.438 e. The van der Waals surface area contributed by atoms with Gasteiger partial charge in [0.05, 0.1) is 29.7 Å². The van der Waals surface area contributed by atoms with E-state index in [1.807, 2.05) is 37.3 Å². The van der Waals surface area contributed by atoms with Crippen LogP contribution in [0.3, 0.4) is 0 Å². The molecule has 2 aromatic carbocycles. The Labute approximate surface area is 201 Å². The number of aliphatic hydroxyl groups excluding tert-OH is 1. The van der Waals surface area contributed by atoms with Gasteiger partial charge in [0.15, 0.2) is 0 Å². The highest BCUT2D eigenvalue weighted by Crippen LogP contribution is 2.32. The maximum atomic E-state index is 13.9. The van der Waals surface area contributed by atoms with Gasteiger partial charge in [-0.1, -0.05) is 37.6 Å². The summed E-state index contributed by atoms with van der Waals surface area (Å²) in [6.45, 7) is 10.2. The van der Waals surface area contributed by atoms with Crippen LogP contribution < -0.4 is 4.74 Å². The Bertz CT molecular complexity index is 1020. The predicted octanol–water partition coefficient (Wildman–Crippen LogP) is 5.50. The number of halogens is 1. The van der Waals surface area contributed by atoms with Crippen LogP contribution in [0.15, 0.2) is 54.6 Å². The molecule has 1 aromatic heterocycles. The van der Waals surface area contributed by atoms with Gasteiger partial charge in [0, 0.05) is 31.8 Å². The van der Waals surface area contributed by atoms with Crippen LogP contribution in [0.25, 0.3) is 5.69 Å². The third kappa shape index (κ3) is 7.13. The van der Waals surface area contributed by atoms with Crippen LogP contribution in [0.2, 0.25) is 0 Å². The van der Waals surface area contributed by atoms with Crippen molar-refractivity contribution in [2.24, 2.45) is 0 Å². The van der Waals surface area contributed by atoms with Crippen molar-refractivity contribution < 1.29 is 19.0 Å². The highest BCUT2D eigenvalue weighted by molar-refractivity contribution is 5.43. The van der Waals surface area contributed by atoms with Crippen molar-refractivity contribution in [2.75, 3.05) is 19.8 Å². The molecular formula is C27H36FN3O3. The summed E-state index contributed by atoms with van der Waals surface area (Å²) < 4.78 is 27.4. The second-order valence-electron chi connectivity index (χ2n) is 8.78. The Morgan fingerprint density at radius 3 is 2.56 bits per heavy atom. The average molecular weight is 470 g/mol. The van der Waals surface area contributed by atoms with E-state index in [9.17, 15) is 9.50 Å². The van der Waals surface area contributed by atoms with Gasteiger partial charge >= 0.3 is 0 Å².